The normalized spacial score (nSPS) is 18.2. The molecular weight excluding hydrogens is 262 g/mol. The summed E-state index contributed by atoms with van der Waals surface area (Å²) >= 11 is 6.16. The molecular formula is C14H22ClN3O. The van der Waals surface area contributed by atoms with Gasteiger partial charge in [-0.05, 0) is 19.8 Å². The van der Waals surface area contributed by atoms with Gasteiger partial charge in [0.05, 0.1) is 0 Å². The van der Waals surface area contributed by atoms with Crippen molar-refractivity contribution < 1.29 is 0 Å². The topological polar surface area (TPSA) is 46.9 Å². The van der Waals surface area contributed by atoms with Crippen LogP contribution in [0.1, 0.15) is 39.0 Å². The molecule has 0 radical (unpaired) electrons. The van der Waals surface area contributed by atoms with Crippen molar-refractivity contribution in [2.45, 2.75) is 45.6 Å². The molecule has 1 aliphatic rings. The molecule has 2 rings (SSSR count). The third-order valence-corrected chi connectivity index (χ3v) is 4.65. The van der Waals surface area contributed by atoms with Gasteiger partial charge in [0, 0.05) is 36.8 Å². The van der Waals surface area contributed by atoms with Crippen molar-refractivity contribution in [3.8, 4) is 0 Å². The molecule has 1 saturated carbocycles. The minimum absolute atomic E-state index is 0.0504. The number of nitrogens with one attached hydrogen (secondary N) is 1. The van der Waals surface area contributed by atoms with Crippen LogP contribution in [0.3, 0.4) is 0 Å². The average Bonchev–Trinajstić information content (AvgIpc) is 2.47. The van der Waals surface area contributed by atoms with E-state index in [2.05, 4.69) is 10.3 Å². The van der Waals surface area contributed by atoms with Gasteiger partial charge in [-0.3, -0.25) is 4.79 Å². The molecule has 5 heteroatoms. The predicted molar refractivity (Wildman–Crippen MR) is 78.9 cm³/mol. The van der Waals surface area contributed by atoms with Gasteiger partial charge in [-0.2, -0.15) is 0 Å². The second kappa shape index (κ2) is 6.42. The van der Waals surface area contributed by atoms with Gasteiger partial charge in [0.1, 0.15) is 0 Å². The summed E-state index contributed by atoms with van der Waals surface area (Å²) in [6.45, 7) is 3.36. The molecule has 0 aliphatic heterocycles. The van der Waals surface area contributed by atoms with Crippen LogP contribution in [0.25, 0.3) is 0 Å². The Kier molecular flexibility index (Phi) is 4.86. The quantitative estimate of drug-likeness (QED) is 0.845. The van der Waals surface area contributed by atoms with Crippen LogP contribution in [-0.2, 0) is 6.54 Å². The molecule has 0 bridgehead atoms. The summed E-state index contributed by atoms with van der Waals surface area (Å²) in [5, 5.41) is 3.22. The Morgan fingerprint density at radius 1 is 1.42 bits per heavy atom. The van der Waals surface area contributed by atoms with Gasteiger partial charge in [0.2, 0.25) is 0 Å². The molecule has 1 aromatic heterocycles. The molecule has 0 spiro atoms. The monoisotopic (exact) mass is 283 g/mol. The summed E-state index contributed by atoms with van der Waals surface area (Å²) in [5.41, 5.74) is 0.0754. The lowest BCUT2D eigenvalue weighted by Crippen LogP contribution is -2.36. The molecule has 0 aromatic carbocycles. The first-order valence-electron chi connectivity index (χ1n) is 7.06. The van der Waals surface area contributed by atoms with E-state index < -0.39 is 0 Å². The second-order valence-electron chi connectivity index (χ2n) is 5.41. The third kappa shape index (κ3) is 3.30. The lowest BCUT2D eigenvalue weighted by molar-refractivity contribution is 0.238. The van der Waals surface area contributed by atoms with E-state index in [0.29, 0.717) is 18.2 Å². The van der Waals surface area contributed by atoms with Crippen LogP contribution in [0.15, 0.2) is 17.2 Å². The number of halogens is 1. The van der Waals surface area contributed by atoms with E-state index in [1.54, 1.807) is 17.0 Å². The minimum atomic E-state index is -0.0504. The molecule has 19 heavy (non-hydrogen) atoms. The van der Waals surface area contributed by atoms with Crippen molar-refractivity contribution in [2.24, 2.45) is 5.41 Å². The third-order valence-electron chi connectivity index (χ3n) is 4.08. The van der Waals surface area contributed by atoms with Gasteiger partial charge >= 0.3 is 0 Å². The van der Waals surface area contributed by atoms with E-state index in [1.807, 2.05) is 6.92 Å². The van der Waals surface area contributed by atoms with Crippen molar-refractivity contribution >= 4 is 17.4 Å². The molecule has 1 N–H and O–H groups in total. The molecule has 1 fully saturated rings. The fourth-order valence-electron chi connectivity index (χ4n) is 2.75. The fourth-order valence-corrected chi connectivity index (χ4v) is 3.11. The van der Waals surface area contributed by atoms with Crippen LogP contribution >= 0.6 is 11.6 Å². The van der Waals surface area contributed by atoms with Gasteiger partial charge in [-0.15, -0.1) is 11.6 Å². The smallest absolute Gasteiger partial charge is 0.293 e. The lowest BCUT2D eigenvalue weighted by Gasteiger charge is -2.35. The highest BCUT2D eigenvalue weighted by Crippen LogP contribution is 2.37. The van der Waals surface area contributed by atoms with Crippen molar-refractivity contribution in [1.29, 1.82) is 0 Å². The number of rotatable bonds is 5. The Bertz CT molecular complexity index is 466. The van der Waals surface area contributed by atoms with E-state index in [0.717, 1.165) is 19.4 Å². The van der Waals surface area contributed by atoms with E-state index in [1.165, 1.54) is 19.3 Å². The maximum atomic E-state index is 12.1. The van der Waals surface area contributed by atoms with E-state index in [-0.39, 0.29) is 11.0 Å². The summed E-state index contributed by atoms with van der Waals surface area (Å²) in [5.74, 6) is 1.09. The highest BCUT2D eigenvalue weighted by Gasteiger charge is 2.31. The molecule has 0 amide bonds. The summed E-state index contributed by atoms with van der Waals surface area (Å²) in [6.07, 6.45) is 9.42. The zero-order valence-electron chi connectivity index (χ0n) is 11.5. The average molecular weight is 284 g/mol. The van der Waals surface area contributed by atoms with E-state index in [4.69, 9.17) is 11.6 Å². The Balaban J connectivity index is 2.07. The number of hydrogen-bond donors (Lipinski definition) is 1. The van der Waals surface area contributed by atoms with Gasteiger partial charge in [-0.25, -0.2) is 4.98 Å². The van der Waals surface area contributed by atoms with Crippen molar-refractivity contribution in [3.05, 3.63) is 22.7 Å². The second-order valence-corrected chi connectivity index (χ2v) is 5.68. The summed E-state index contributed by atoms with van der Waals surface area (Å²) in [4.78, 5) is 16.2. The molecule has 0 saturated heterocycles. The van der Waals surface area contributed by atoms with Crippen LogP contribution in [-0.4, -0.2) is 22.0 Å². The molecule has 1 aliphatic carbocycles. The zero-order chi connectivity index (χ0) is 13.7. The maximum Gasteiger partial charge on any atom is 0.293 e. The van der Waals surface area contributed by atoms with Crippen LogP contribution in [0.2, 0.25) is 0 Å². The Morgan fingerprint density at radius 3 is 2.79 bits per heavy atom. The molecule has 0 unspecified atom stereocenters. The van der Waals surface area contributed by atoms with Crippen molar-refractivity contribution in [2.75, 3.05) is 17.7 Å². The van der Waals surface area contributed by atoms with Gasteiger partial charge in [0.25, 0.3) is 5.56 Å². The largest absolute Gasteiger partial charge is 0.365 e. The van der Waals surface area contributed by atoms with Crippen molar-refractivity contribution in [1.82, 2.24) is 9.55 Å². The van der Waals surface area contributed by atoms with Gasteiger partial charge < -0.3 is 9.88 Å². The summed E-state index contributed by atoms with van der Waals surface area (Å²) in [7, 11) is 0. The Hall–Kier alpha value is -1.03. The maximum absolute atomic E-state index is 12.1. The van der Waals surface area contributed by atoms with Crippen LogP contribution in [0, 0.1) is 5.41 Å². The highest BCUT2D eigenvalue weighted by molar-refractivity contribution is 6.18. The summed E-state index contributed by atoms with van der Waals surface area (Å²) < 4.78 is 1.66. The number of hydrogen-bond acceptors (Lipinski definition) is 3. The molecule has 4 nitrogen and oxygen atoms in total. The Morgan fingerprint density at radius 2 is 2.16 bits per heavy atom. The van der Waals surface area contributed by atoms with Gasteiger partial charge in [0.15, 0.2) is 5.82 Å². The number of aromatic nitrogens is 2. The molecule has 0 atom stereocenters. The number of alkyl halides is 1. The standard InChI is InChI=1S/C14H22ClN3O/c1-2-18-9-8-16-12(13(18)19)17-11-14(10-15)6-4-3-5-7-14/h8-9H,2-7,10-11H2,1H3,(H,16,17). The van der Waals surface area contributed by atoms with Crippen molar-refractivity contribution in [3.63, 3.8) is 0 Å². The van der Waals surface area contributed by atoms with Crippen LogP contribution < -0.4 is 10.9 Å². The minimum Gasteiger partial charge on any atom is -0.365 e. The number of aryl methyl sites for hydroxylation is 1. The molecule has 1 aromatic rings. The fraction of sp³-hybridized carbons (Fsp3) is 0.714. The van der Waals surface area contributed by atoms with E-state index in [9.17, 15) is 4.79 Å². The Labute approximate surface area is 119 Å². The molecule has 1 heterocycles. The van der Waals surface area contributed by atoms with Crippen LogP contribution in [0.5, 0.6) is 0 Å². The van der Waals surface area contributed by atoms with Crippen LogP contribution in [0.4, 0.5) is 5.82 Å². The lowest BCUT2D eigenvalue weighted by atomic mass is 9.75. The number of nitrogens with zero attached hydrogens (tertiary/aromatic N) is 2. The molecule has 106 valence electrons. The summed E-state index contributed by atoms with van der Waals surface area (Å²) in [6, 6.07) is 0. The van der Waals surface area contributed by atoms with Gasteiger partial charge in [-0.1, -0.05) is 19.3 Å². The SMILES string of the molecule is CCn1ccnc(NCC2(CCl)CCCCC2)c1=O. The zero-order valence-corrected chi connectivity index (χ0v) is 12.2. The number of anilines is 1. The highest BCUT2D eigenvalue weighted by atomic mass is 35.5. The first kappa shape index (κ1) is 14.4. The van der Waals surface area contributed by atoms with E-state index >= 15 is 0 Å². The first-order valence-corrected chi connectivity index (χ1v) is 7.59. The predicted octanol–water partition coefficient (Wildman–Crippen LogP) is 2.86. The first-order chi connectivity index (χ1) is 9.21.